The van der Waals surface area contributed by atoms with Gasteiger partial charge in [0.2, 0.25) is 5.91 Å². The number of nitrogens with zero attached hydrogens (tertiary/aromatic N) is 1. The first-order chi connectivity index (χ1) is 7.93. The molecule has 6 nitrogen and oxygen atoms in total. The molecular formula is C10H10N2O4S. The van der Waals surface area contributed by atoms with Crippen LogP contribution in [-0.4, -0.2) is 31.2 Å². The summed E-state index contributed by atoms with van der Waals surface area (Å²) in [5.41, 5.74) is 0.527. The lowest BCUT2D eigenvalue weighted by molar-refractivity contribution is -0.118. The maximum atomic E-state index is 12.1. The summed E-state index contributed by atoms with van der Waals surface area (Å²) in [4.78, 5) is 22.4. The van der Waals surface area contributed by atoms with Crippen molar-refractivity contribution in [3.63, 3.8) is 0 Å². The molecule has 0 unspecified atom stereocenters. The molecule has 0 atom stereocenters. The number of benzene rings is 1. The Kier molecular flexibility index (Phi) is 2.62. The second-order valence-electron chi connectivity index (χ2n) is 3.63. The number of nitrogens with one attached hydrogen (secondary N) is 1. The van der Waals surface area contributed by atoms with Crippen LogP contribution < -0.4 is 5.32 Å². The van der Waals surface area contributed by atoms with E-state index >= 15 is 0 Å². The van der Waals surface area contributed by atoms with Crippen molar-refractivity contribution in [1.29, 1.82) is 0 Å². The Hall–Kier alpha value is -1.89. The quantitative estimate of drug-likeness (QED) is 0.766. The van der Waals surface area contributed by atoms with Crippen molar-refractivity contribution >= 4 is 22.0 Å². The number of rotatable bonds is 2. The van der Waals surface area contributed by atoms with E-state index in [0.717, 1.165) is 0 Å². The number of carbonyl (C=O) groups excluding carboxylic acids is 2. The molecule has 17 heavy (non-hydrogen) atoms. The Morgan fingerprint density at radius 2 is 1.88 bits per heavy atom. The molecule has 1 aliphatic heterocycles. The van der Waals surface area contributed by atoms with Crippen molar-refractivity contribution in [2.24, 2.45) is 0 Å². The molecule has 1 heterocycles. The minimum atomic E-state index is -3.95. The summed E-state index contributed by atoms with van der Waals surface area (Å²) >= 11 is 0. The van der Waals surface area contributed by atoms with Crippen molar-refractivity contribution in [2.45, 2.75) is 11.8 Å². The number of urea groups is 1. The highest BCUT2D eigenvalue weighted by atomic mass is 32.2. The monoisotopic (exact) mass is 254 g/mol. The van der Waals surface area contributed by atoms with Gasteiger partial charge >= 0.3 is 6.03 Å². The molecule has 1 aliphatic rings. The molecule has 0 radical (unpaired) electrons. The minimum Gasteiger partial charge on any atom is -0.275 e. The predicted octanol–water partition coefficient (Wildman–Crippen LogP) is 0.236. The maximum absolute atomic E-state index is 12.1. The number of hydrogen-bond acceptors (Lipinski definition) is 4. The van der Waals surface area contributed by atoms with Gasteiger partial charge in [-0.3, -0.25) is 10.1 Å². The van der Waals surface area contributed by atoms with Crippen molar-refractivity contribution in [3.8, 4) is 0 Å². The summed E-state index contributed by atoms with van der Waals surface area (Å²) in [6.45, 7) is 1.16. The molecule has 0 aromatic heterocycles. The summed E-state index contributed by atoms with van der Waals surface area (Å²) in [5, 5.41) is 1.93. The van der Waals surface area contributed by atoms with Crippen LogP contribution in [0, 0.1) is 6.92 Å². The Morgan fingerprint density at radius 3 is 2.41 bits per heavy atom. The lowest BCUT2D eigenvalue weighted by Crippen LogP contribution is -2.34. The predicted molar refractivity (Wildman–Crippen MR) is 58.6 cm³/mol. The van der Waals surface area contributed by atoms with Gasteiger partial charge in [0.05, 0.1) is 4.90 Å². The number of carbonyl (C=O) groups is 2. The molecule has 0 spiro atoms. The van der Waals surface area contributed by atoms with Gasteiger partial charge in [-0.05, 0) is 18.6 Å². The highest BCUT2D eigenvalue weighted by Gasteiger charge is 2.37. The third kappa shape index (κ3) is 1.89. The number of hydrogen-bond donors (Lipinski definition) is 1. The summed E-state index contributed by atoms with van der Waals surface area (Å²) in [6.07, 6.45) is 0. The zero-order valence-electron chi connectivity index (χ0n) is 9.00. The number of imide groups is 1. The molecule has 1 aromatic carbocycles. The van der Waals surface area contributed by atoms with E-state index in [1.54, 1.807) is 25.1 Å². The number of sulfonamides is 1. The Bertz CT molecular complexity index is 594. The molecule has 3 amide bonds. The molecule has 1 saturated heterocycles. The van der Waals surface area contributed by atoms with E-state index < -0.39 is 28.5 Å². The summed E-state index contributed by atoms with van der Waals surface area (Å²) in [5.74, 6) is -0.618. The zero-order valence-corrected chi connectivity index (χ0v) is 9.82. The standard InChI is InChI=1S/C10H10N2O4S/c1-7-4-2-3-5-8(7)17(15,16)12-6-9(13)11-10(12)14/h2-5H,6H2,1H3,(H,11,13,14). The van der Waals surface area contributed by atoms with Gasteiger partial charge in [-0.1, -0.05) is 18.2 Å². The fourth-order valence-corrected chi connectivity index (χ4v) is 3.10. The van der Waals surface area contributed by atoms with E-state index in [4.69, 9.17) is 0 Å². The van der Waals surface area contributed by atoms with Gasteiger partial charge in [-0.15, -0.1) is 0 Å². The van der Waals surface area contributed by atoms with Gasteiger partial charge in [0.1, 0.15) is 6.54 Å². The maximum Gasteiger partial charge on any atom is 0.338 e. The highest BCUT2D eigenvalue weighted by molar-refractivity contribution is 7.89. The van der Waals surface area contributed by atoms with E-state index in [2.05, 4.69) is 0 Å². The Balaban J connectivity index is 2.48. The van der Waals surface area contributed by atoms with Crippen molar-refractivity contribution < 1.29 is 18.0 Å². The molecule has 2 rings (SSSR count). The molecule has 0 saturated carbocycles. The summed E-state index contributed by atoms with van der Waals surface area (Å²) in [7, 11) is -3.95. The van der Waals surface area contributed by atoms with E-state index in [1.807, 2.05) is 5.32 Å². The van der Waals surface area contributed by atoms with E-state index in [0.29, 0.717) is 9.87 Å². The van der Waals surface area contributed by atoms with E-state index in [1.165, 1.54) is 6.07 Å². The molecule has 1 fully saturated rings. The van der Waals surface area contributed by atoms with E-state index in [-0.39, 0.29) is 4.90 Å². The van der Waals surface area contributed by atoms with Gasteiger partial charge < -0.3 is 0 Å². The zero-order chi connectivity index (χ0) is 12.6. The van der Waals surface area contributed by atoms with Gasteiger partial charge in [0, 0.05) is 0 Å². The fraction of sp³-hybridized carbons (Fsp3) is 0.200. The minimum absolute atomic E-state index is 0.0323. The summed E-state index contributed by atoms with van der Waals surface area (Å²) in [6, 6.07) is 5.39. The van der Waals surface area contributed by atoms with Crippen LogP contribution in [0.4, 0.5) is 4.79 Å². The van der Waals surface area contributed by atoms with Crippen molar-refractivity contribution in [1.82, 2.24) is 9.62 Å². The molecule has 0 aliphatic carbocycles. The first-order valence-electron chi connectivity index (χ1n) is 4.85. The van der Waals surface area contributed by atoms with Crippen LogP contribution in [0.3, 0.4) is 0 Å². The molecule has 1 aromatic rings. The summed E-state index contributed by atoms with van der Waals surface area (Å²) < 4.78 is 24.8. The van der Waals surface area contributed by atoms with Crippen LogP contribution in [0.5, 0.6) is 0 Å². The second-order valence-corrected chi connectivity index (χ2v) is 5.46. The van der Waals surface area contributed by atoms with E-state index in [9.17, 15) is 18.0 Å². The highest BCUT2D eigenvalue weighted by Crippen LogP contribution is 2.20. The van der Waals surface area contributed by atoms with Gasteiger partial charge in [0.15, 0.2) is 0 Å². The largest absolute Gasteiger partial charge is 0.338 e. The normalized spacial score (nSPS) is 16.2. The lowest BCUT2D eigenvalue weighted by Gasteiger charge is -2.15. The molecule has 7 heteroatoms. The molecular weight excluding hydrogens is 244 g/mol. The van der Waals surface area contributed by atoms with Gasteiger partial charge in [-0.25, -0.2) is 17.5 Å². The van der Waals surface area contributed by atoms with Crippen LogP contribution in [0.1, 0.15) is 5.56 Å². The van der Waals surface area contributed by atoms with Crippen LogP contribution in [0.25, 0.3) is 0 Å². The van der Waals surface area contributed by atoms with Crippen LogP contribution >= 0.6 is 0 Å². The Morgan fingerprint density at radius 1 is 1.24 bits per heavy atom. The molecule has 90 valence electrons. The lowest BCUT2D eigenvalue weighted by atomic mass is 10.2. The number of aryl methyl sites for hydroxylation is 1. The topological polar surface area (TPSA) is 83.6 Å². The molecule has 1 N–H and O–H groups in total. The SMILES string of the molecule is Cc1ccccc1S(=O)(=O)N1CC(=O)NC1=O. The van der Waals surface area contributed by atoms with Crippen LogP contribution in [0.2, 0.25) is 0 Å². The fourth-order valence-electron chi connectivity index (χ4n) is 1.58. The second kappa shape index (κ2) is 3.85. The van der Waals surface area contributed by atoms with Crippen LogP contribution in [-0.2, 0) is 14.8 Å². The van der Waals surface area contributed by atoms with Crippen molar-refractivity contribution in [2.75, 3.05) is 6.54 Å². The first kappa shape index (κ1) is 11.6. The van der Waals surface area contributed by atoms with Gasteiger partial charge in [0.25, 0.3) is 10.0 Å². The van der Waals surface area contributed by atoms with Gasteiger partial charge in [-0.2, -0.15) is 0 Å². The number of amides is 3. The smallest absolute Gasteiger partial charge is 0.275 e. The third-order valence-corrected chi connectivity index (χ3v) is 4.31. The Labute approximate surface area is 98.3 Å². The van der Waals surface area contributed by atoms with Crippen molar-refractivity contribution in [3.05, 3.63) is 29.8 Å². The van der Waals surface area contributed by atoms with Crippen LogP contribution in [0.15, 0.2) is 29.2 Å². The third-order valence-electron chi connectivity index (χ3n) is 2.42. The average Bonchev–Trinajstić information content (AvgIpc) is 2.59. The first-order valence-corrected chi connectivity index (χ1v) is 6.29. The average molecular weight is 254 g/mol. The molecule has 0 bridgehead atoms.